The first-order valence-corrected chi connectivity index (χ1v) is 6.37. The van der Waals surface area contributed by atoms with Crippen LogP contribution in [0, 0.1) is 11.3 Å². The Balaban J connectivity index is 1.93. The Labute approximate surface area is 107 Å². The summed E-state index contributed by atoms with van der Waals surface area (Å²) in [5.74, 6) is 0.344. The molecule has 1 fully saturated rings. The van der Waals surface area contributed by atoms with E-state index in [4.69, 9.17) is 0 Å². The molecule has 94 valence electrons. The highest BCUT2D eigenvalue weighted by atomic mass is 16.3. The normalized spacial score (nSPS) is 22.7. The zero-order chi connectivity index (χ0) is 12.8. The molecular weight excluding hydrogens is 224 g/mol. The minimum atomic E-state index is -0.428. The smallest absolute Gasteiger partial charge is 0.0994 e. The Kier molecular flexibility index (Phi) is 2.52. The van der Waals surface area contributed by atoms with Crippen LogP contribution < -0.4 is 0 Å². The number of aliphatic hydroxyl groups excluding tert-OH is 1. The molecule has 0 radical (unpaired) electrons. The minimum Gasteiger partial charge on any atom is -0.386 e. The van der Waals surface area contributed by atoms with E-state index in [0.717, 1.165) is 17.8 Å². The molecule has 1 aromatic heterocycles. The fourth-order valence-electron chi connectivity index (χ4n) is 2.58. The van der Waals surface area contributed by atoms with Gasteiger partial charge in [0.1, 0.15) is 0 Å². The van der Waals surface area contributed by atoms with Crippen molar-refractivity contribution in [3.05, 3.63) is 48.3 Å². The van der Waals surface area contributed by atoms with Crippen LogP contribution in [0.15, 0.2) is 42.6 Å². The van der Waals surface area contributed by atoms with Crippen molar-refractivity contribution in [1.29, 1.82) is 0 Å². The van der Waals surface area contributed by atoms with Crippen LogP contribution in [0.5, 0.6) is 0 Å². The largest absolute Gasteiger partial charge is 0.386 e. The van der Waals surface area contributed by atoms with Crippen LogP contribution in [0.2, 0.25) is 0 Å². The lowest BCUT2D eigenvalue weighted by atomic mass is 10.0. The second kappa shape index (κ2) is 3.95. The average molecular weight is 242 g/mol. The number of hydrogen-bond donors (Lipinski definition) is 1. The second-order valence-corrected chi connectivity index (χ2v) is 5.75. The highest BCUT2D eigenvalue weighted by molar-refractivity contribution is 5.33. The third-order valence-corrected chi connectivity index (χ3v) is 3.95. The summed E-state index contributed by atoms with van der Waals surface area (Å²) >= 11 is 0. The quantitative estimate of drug-likeness (QED) is 0.898. The number of para-hydroxylation sites is 1. The Morgan fingerprint density at radius 2 is 1.94 bits per heavy atom. The van der Waals surface area contributed by atoms with E-state index in [-0.39, 0.29) is 5.41 Å². The molecular formula is C15H18N2O. The fourth-order valence-corrected chi connectivity index (χ4v) is 2.58. The molecule has 1 saturated carbocycles. The van der Waals surface area contributed by atoms with E-state index in [1.807, 2.05) is 41.1 Å². The van der Waals surface area contributed by atoms with Gasteiger partial charge >= 0.3 is 0 Å². The molecule has 3 rings (SSSR count). The maximum absolute atomic E-state index is 10.5. The second-order valence-electron chi connectivity index (χ2n) is 5.75. The van der Waals surface area contributed by atoms with Crippen LogP contribution in [-0.4, -0.2) is 14.9 Å². The van der Waals surface area contributed by atoms with Gasteiger partial charge < -0.3 is 5.11 Å². The van der Waals surface area contributed by atoms with Gasteiger partial charge in [-0.1, -0.05) is 32.0 Å². The lowest BCUT2D eigenvalue weighted by molar-refractivity contribution is 0.131. The van der Waals surface area contributed by atoms with Crippen LogP contribution in [0.1, 0.15) is 32.1 Å². The van der Waals surface area contributed by atoms with Crippen molar-refractivity contribution >= 4 is 0 Å². The Morgan fingerprint density at radius 1 is 1.28 bits per heavy atom. The van der Waals surface area contributed by atoms with Crippen LogP contribution in [-0.2, 0) is 0 Å². The molecule has 0 bridgehead atoms. The van der Waals surface area contributed by atoms with Gasteiger partial charge in [0.2, 0.25) is 0 Å². The third kappa shape index (κ3) is 1.85. The van der Waals surface area contributed by atoms with Crippen molar-refractivity contribution in [3.63, 3.8) is 0 Å². The Bertz CT molecular complexity index is 545. The van der Waals surface area contributed by atoms with Crippen molar-refractivity contribution in [2.45, 2.75) is 26.4 Å². The van der Waals surface area contributed by atoms with Gasteiger partial charge in [0.25, 0.3) is 0 Å². The summed E-state index contributed by atoms with van der Waals surface area (Å²) in [5.41, 5.74) is 2.14. The summed E-state index contributed by atoms with van der Waals surface area (Å²) in [7, 11) is 0. The van der Waals surface area contributed by atoms with Crippen LogP contribution in [0.3, 0.4) is 0 Å². The average Bonchev–Trinajstić information content (AvgIpc) is 2.80. The van der Waals surface area contributed by atoms with Gasteiger partial charge in [0.15, 0.2) is 0 Å². The minimum absolute atomic E-state index is 0.255. The van der Waals surface area contributed by atoms with Crippen molar-refractivity contribution in [1.82, 2.24) is 9.78 Å². The van der Waals surface area contributed by atoms with E-state index in [0.29, 0.717) is 5.92 Å². The van der Waals surface area contributed by atoms with Gasteiger partial charge in [-0.3, -0.25) is 0 Å². The monoisotopic (exact) mass is 242 g/mol. The zero-order valence-electron chi connectivity index (χ0n) is 10.7. The van der Waals surface area contributed by atoms with Crippen LogP contribution >= 0.6 is 0 Å². The molecule has 0 saturated heterocycles. The molecule has 1 aliphatic rings. The maximum atomic E-state index is 10.5. The molecule has 1 N–H and O–H groups in total. The lowest BCUT2D eigenvalue weighted by Gasteiger charge is -2.14. The third-order valence-electron chi connectivity index (χ3n) is 3.95. The number of nitrogens with zero attached hydrogens (tertiary/aromatic N) is 2. The van der Waals surface area contributed by atoms with Gasteiger partial charge in [0.05, 0.1) is 17.5 Å². The number of aromatic nitrogens is 2. The molecule has 1 aliphatic carbocycles. The molecule has 1 aromatic carbocycles. The van der Waals surface area contributed by atoms with E-state index in [1.54, 1.807) is 6.20 Å². The summed E-state index contributed by atoms with van der Waals surface area (Å²) in [4.78, 5) is 0. The number of rotatable bonds is 3. The highest BCUT2D eigenvalue weighted by Gasteiger charge is 2.50. The number of benzene rings is 1. The van der Waals surface area contributed by atoms with Crippen molar-refractivity contribution in [2.75, 3.05) is 0 Å². The van der Waals surface area contributed by atoms with Crippen molar-refractivity contribution in [3.8, 4) is 5.69 Å². The molecule has 0 amide bonds. The fraction of sp³-hybridized carbons (Fsp3) is 0.400. The number of aliphatic hydroxyl groups is 1. The molecule has 2 unspecified atom stereocenters. The van der Waals surface area contributed by atoms with Crippen LogP contribution in [0.4, 0.5) is 0 Å². The molecule has 0 spiro atoms. The van der Waals surface area contributed by atoms with E-state index in [2.05, 4.69) is 18.9 Å². The predicted octanol–water partition coefficient (Wildman–Crippen LogP) is 2.95. The molecule has 3 heteroatoms. The first kappa shape index (κ1) is 11.5. The maximum Gasteiger partial charge on any atom is 0.0994 e. The van der Waals surface area contributed by atoms with E-state index < -0.39 is 6.10 Å². The standard InChI is InChI=1S/C15H18N2O/c1-15(2)10-12(15)14(18)13-8-9-16-17(13)11-6-4-3-5-7-11/h3-9,12,14,18H,10H2,1-2H3. The SMILES string of the molecule is CC1(C)CC1C(O)c1ccnn1-c1ccccc1. The lowest BCUT2D eigenvalue weighted by Crippen LogP contribution is -2.11. The highest BCUT2D eigenvalue weighted by Crippen LogP contribution is 2.57. The van der Waals surface area contributed by atoms with E-state index in [1.165, 1.54) is 0 Å². The van der Waals surface area contributed by atoms with Crippen molar-refractivity contribution in [2.24, 2.45) is 11.3 Å². The van der Waals surface area contributed by atoms with Gasteiger partial charge in [-0.15, -0.1) is 0 Å². The molecule has 3 nitrogen and oxygen atoms in total. The molecule has 2 atom stereocenters. The first-order chi connectivity index (χ1) is 8.59. The van der Waals surface area contributed by atoms with Crippen LogP contribution in [0.25, 0.3) is 5.69 Å². The van der Waals surface area contributed by atoms with E-state index >= 15 is 0 Å². The van der Waals surface area contributed by atoms with Crippen molar-refractivity contribution < 1.29 is 5.11 Å². The predicted molar refractivity (Wildman–Crippen MR) is 70.4 cm³/mol. The zero-order valence-corrected chi connectivity index (χ0v) is 10.7. The summed E-state index contributed by atoms with van der Waals surface area (Å²) in [6.07, 6.45) is 2.40. The summed E-state index contributed by atoms with van der Waals surface area (Å²) < 4.78 is 1.83. The summed E-state index contributed by atoms with van der Waals surface area (Å²) in [5, 5.41) is 14.8. The van der Waals surface area contributed by atoms with Gasteiger partial charge in [-0.05, 0) is 36.0 Å². The first-order valence-electron chi connectivity index (χ1n) is 6.37. The Hall–Kier alpha value is -1.61. The molecule has 1 heterocycles. The van der Waals surface area contributed by atoms with Gasteiger partial charge in [0, 0.05) is 6.20 Å². The molecule has 2 aromatic rings. The molecule has 18 heavy (non-hydrogen) atoms. The summed E-state index contributed by atoms with van der Waals surface area (Å²) in [6, 6.07) is 11.9. The topological polar surface area (TPSA) is 38.1 Å². The molecule has 0 aliphatic heterocycles. The van der Waals surface area contributed by atoms with Gasteiger partial charge in [-0.2, -0.15) is 5.10 Å². The summed E-state index contributed by atoms with van der Waals surface area (Å²) in [6.45, 7) is 4.40. The van der Waals surface area contributed by atoms with Gasteiger partial charge in [-0.25, -0.2) is 4.68 Å². The Morgan fingerprint density at radius 3 is 2.56 bits per heavy atom. The van der Waals surface area contributed by atoms with E-state index in [9.17, 15) is 5.11 Å². The number of hydrogen-bond acceptors (Lipinski definition) is 2.